The van der Waals surface area contributed by atoms with E-state index < -0.39 is 6.35 Å². The molecule has 1 unspecified atom stereocenters. The number of aliphatic imine (C=N–C) groups is 1. The molecule has 0 aromatic carbocycles. The van der Waals surface area contributed by atoms with Crippen LogP contribution in [-0.4, -0.2) is 28.8 Å². The van der Waals surface area contributed by atoms with Gasteiger partial charge in [-0.3, -0.25) is 0 Å². The third-order valence-electron chi connectivity index (χ3n) is 1.22. The fourth-order valence-electron chi connectivity index (χ4n) is 0.721. The molecule has 0 aromatic heterocycles. The monoisotopic (exact) mass is 129 g/mol. The number of hydrogen-bond acceptors (Lipinski definition) is 4. The van der Waals surface area contributed by atoms with Crippen LogP contribution in [0.3, 0.4) is 0 Å². The molecule has 1 heterocycles. The van der Waals surface area contributed by atoms with Crippen molar-refractivity contribution in [1.82, 2.24) is 10.4 Å². The first-order valence-corrected chi connectivity index (χ1v) is 2.96. The highest BCUT2D eigenvalue weighted by molar-refractivity contribution is 5.55. The summed E-state index contributed by atoms with van der Waals surface area (Å²) in [6.07, 6.45) is 0.787. The van der Waals surface area contributed by atoms with Crippen LogP contribution in [0.2, 0.25) is 0 Å². The van der Waals surface area contributed by atoms with Crippen LogP contribution in [0.1, 0.15) is 13.8 Å². The van der Waals surface area contributed by atoms with E-state index in [2.05, 4.69) is 10.4 Å². The summed E-state index contributed by atoms with van der Waals surface area (Å²) in [4.78, 5) is 3.68. The van der Waals surface area contributed by atoms with Crippen LogP contribution >= 0.6 is 0 Å². The number of hydrazine groups is 1. The van der Waals surface area contributed by atoms with Gasteiger partial charge in [0.05, 0.1) is 0 Å². The van der Waals surface area contributed by atoms with Crippen LogP contribution in [0.5, 0.6) is 0 Å². The van der Waals surface area contributed by atoms with Gasteiger partial charge in [-0.05, 0) is 13.8 Å². The van der Waals surface area contributed by atoms with Crippen molar-refractivity contribution < 1.29 is 5.11 Å². The molecule has 0 bridgehead atoms. The Kier molecular flexibility index (Phi) is 1.68. The van der Waals surface area contributed by atoms with Crippen molar-refractivity contribution in [3.63, 3.8) is 0 Å². The summed E-state index contributed by atoms with van der Waals surface area (Å²) in [5, 5.41) is 10.7. The molecule has 0 radical (unpaired) electrons. The van der Waals surface area contributed by atoms with Crippen LogP contribution in [0.15, 0.2) is 4.99 Å². The average Bonchev–Trinajstić information content (AvgIpc) is 2.13. The fourth-order valence-corrected chi connectivity index (χ4v) is 0.721. The van der Waals surface area contributed by atoms with E-state index in [0.29, 0.717) is 0 Å². The summed E-state index contributed by atoms with van der Waals surface area (Å²) in [5.74, 6) is 0. The van der Waals surface area contributed by atoms with E-state index in [0.717, 1.165) is 0 Å². The number of hydrogen-bond donors (Lipinski definition) is 2. The first kappa shape index (κ1) is 6.51. The first-order chi connectivity index (χ1) is 4.22. The largest absolute Gasteiger partial charge is 0.358 e. The van der Waals surface area contributed by atoms with Gasteiger partial charge in [0.1, 0.15) is 6.34 Å². The number of nitrogens with one attached hydrogen (secondary N) is 1. The minimum absolute atomic E-state index is 0.266. The maximum absolute atomic E-state index is 9.02. The molecule has 0 saturated heterocycles. The van der Waals surface area contributed by atoms with Gasteiger partial charge in [-0.25, -0.2) is 4.99 Å². The summed E-state index contributed by atoms with van der Waals surface area (Å²) in [6.45, 7) is 3.95. The average molecular weight is 129 g/mol. The second kappa shape index (κ2) is 2.33. The van der Waals surface area contributed by atoms with Crippen LogP contribution in [0.4, 0.5) is 0 Å². The standard InChI is InChI=1S/C5H11N3O/c1-4(2)8-5(9)6-3-7-8/h3-5,9H,1-2H3,(H,6,7). The maximum Gasteiger partial charge on any atom is 0.222 e. The lowest BCUT2D eigenvalue weighted by Crippen LogP contribution is -2.43. The Morgan fingerprint density at radius 1 is 1.78 bits per heavy atom. The topological polar surface area (TPSA) is 47.9 Å². The molecule has 0 amide bonds. The van der Waals surface area contributed by atoms with Crippen molar-refractivity contribution in [3.8, 4) is 0 Å². The molecule has 9 heavy (non-hydrogen) atoms. The lowest BCUT2D eigenvalue weighted by Gasteiger charge is -2.22. The molecule has 0 saturated carbocycles. The van der Waals surface area contributed by atoms with Gasteiger partial charge in [0, 0.05) is 6.04 Å². The number of aliphatic hydroxyl groups is 1. The molecular formula is C5H11N3O. The molecule has 0 aromatic rings. The second-order valence-electron chi connectivity index (χ2n) is 2.25. The van der Waals surface area contributed by atoms with Crippen LogP contribution in [0, 0.1) is 0 Å². The molecule has 52 valence electrons. The summed E-state index contributed by atoms with van der Waals surface area (Å²) in [7, 11) is 0. The minimum atomic E-state index is -0.704. The molecule has 1 aliphatic rings. The Morgan fingerprint density at radius 3 is 2.67 bits per heavy atom. The Hall–Kier alpha value is -0.610. The second-order valence-corrected chi connectivity index (χ2v) is 2.25. The van der Waals surface area contributed by atoms with Gasteiger partial charge in [0.25, 0.3) is 0 Å². The summed E-state index contributed by atoms with van der Waals surface area (Å²) in [5.41, 5.74) is 2.80. The van der Waals surface area contributed by atoms with Crippen molar-refractivity contribution >= 4 is 6.34 Å². The zero-order valence-corrected chi connectivity index (χ0v) is 5.57. The lowest BCUT2D eigenvalue weighted by molar-refractivity contribution is -0.0136. The predicted molar refractivity (Wildman–Crippen MR) is 34.6 cm³/mol. The molecule has 0 fully saturated rings. The van der Waals surface area contributed by atoms with Gasteiger partial charge in [0.2, 0.25) is 6.35 Å². The molecule has 0 aliphatic carbocycles. The Labute approximate surface area is 54.2 Å². The van der Waals surface area contributed by atoms with E-state index in [-0.39, 0.29) is 6.04 Å². The Morgan fingerprint density at radius 2 is 2.44 bits per heavy atom. The van der Waals surface area contributed by atoms with Crippen LogP contribution in [-0.2, 0) is 0 Å². The van der Waals surface area contributed by atoms with E-state index in [1.807, 2.05) is 13.8 Å². The third kappa shape index (κ3) is 1.20. The van der Waals surface area contributed by atoms with Crippen molar-refractivity contribution in [2.45, 2.75) is 26.2 Å². The van der Waals surface area contributed by atoms with Gasteiger partial charge in [-0.2, -0.15) is 5.01 Å². The molecular weight excluding hydrogens is 118 g/mol. The molecule has 1 rings (SSSR count). The lowest BCUT2D eigenvalue weighted by atomic mass is 10.4. The van der Waals surface area contributed by atoms with Crippen LogP contribution in [0.25, 0.3) is 0 Å². The van der Waals surface area contributed by atoms with Gasteiger partial charge in [0.15, 0.2) is 0 Å². The molecule has 1 atom stereocenters. The molecule has 2 N–H and O–H groups in total. The Bertz CT molecular complexity index is 123. The van der Waals surface area contributed by atoms with Gasteiger partial charge >= 0.3 is 0 Å². The van der Waals surface area contributed by atoms with Gasteiger partial charge in [-0.1, -0.05) is 0 Å². The number of aliphatic hydroxyl groups excluding tert-OH is 1. The summed E-state index contributed by atoms with van der Waals surface area (Å²) in [6, 6.07) is 0.266. The third-order valence-corrected chi connectivity index (χ3v) is 1.22. The van der Waals surface area contributed by atoms with E-state index in [1.54, 1.807) is 5.01 Å². The van der Waals surface area contributed by atoms with Gasteiger partial charge < -0.3 is 10.5 Å². The van der Waals surface area contributed by atoms with Gasteiger partial charge in [-0.15, -0.1) is 0 Å². The molecule has 0 spiro atoms. The molecule has 4 heteroatoms. The van der Waals surface area contributed by atoms with E-state index in [9.17, 15) is 0 Å². The Balaban J connectivity index is 2.45. The fraction of sp³-hybridized carbons (Fsp3) is 0.800. The quantitative estimate of drug-likeness (QED) is 0.502. The van der Waals surface area contributed by atoms with Crippen molar-refractivity contribution in [3.05, 3.63) is 0 Å². The number of nitrogens with zero attached hydrogens (tertiary/aromatic N) is 2. The zero-order valence-electron chi connectivity index (χ0n) is 5.57. The van der Waals surface area contributed by atoms with E-state index in [1.165, 1.54) is 6.34 Å². The maximum atomic E-state index is 9.02. The summed E-state index contributed by atoms with van der Waals surface area (Å²) < 4.78 is 0. The highest BCUT2D eigenvalue weighted by Crippen LogP contribution is 2.02. The smallest absolute Gasteiger partial charge is 0.222 e. The van der Waals surface area contributed by atoms with Crippen molar-refractivity contribution in [1.29, 1.82) is 0 Å². The van der Waals surface area contributed by atoms with Crippen LogP contribution < -0.4 is 5.43 Å². The highest BCUT2D eigenvalue weighted by Gasteiger charge is 2.19. The predicted octanol–water partition coefficient (Wildman–Crippen LogP) is -0.481. The van der Waals surface area contributed by atoms with E-state index in [4.69, 9.17) is 5.11 Å². The minimum Gasteiger partial charge on any atom is -0.358 e. The SMILES string of the molecule is CC(C)N1NC=NC1O. The highest BCUT2D eigenvalue weighted by atomic mass is 16.3. The number of rotatable bonds is 1. The van der Waals surface area contributed by atoms with Crippen molar-refractivity contribution in [2.75, 3.05) is 0 Å². The zero-order chi connectivity index (χ0) is 6.85. The molecule has 1 aliphatic heterocycles. The van der Waals surface area contributed by atoms with Crippen molar-refractivity contribution in [2.24, 2.45) is 4.99 Å². The van der Waals surface area contributed by atoms with E-state index >= 15 is 0 Å². The normalized spacial score (nSPS) is 27.3. The summed E-state index contributed by atoms with van der Waals surface area (Å²) >= 11 is 0. The first-order valence-electron chi connectivity index (χ1n) is 2.96. The molecule has 4 nitrogen and oxygen atoms in total.